The number of amides is 1. The average Bonchev–Trinajstić information content (AvgIpc) is 3.16. The molecule has 0 bridgehead atoms. The third kappa shape index (κ3) is 4.17. The molecule has 5 nitrogen and oxygen atoms in total. The van der Waals surface area contributed by atoms with Gasteiger partial charge in [0.2, 0.25) is 5.91 Å². The van der Waals surface area contributed by atoms with E-state index in [1.54, 1.807) is 0 Å². The predicted octanol–water partition coefficient (Wildman–Crippen LogP) is 0.872. The number of rotatable bonds is 6. The summed E-state index contributed by atoms with van der Waals surface area (Å²) < 4.78 is 5.69. The number of hydrogen-bond donors (Lipinski definition) is 2. The third-order valence-electron chi connectivity index (χ3n) is 4.45. The first-order valence-electron chi connectivity index (χ1n) is 7.84. The Bertz CT molecular complexity index is 346. The molecule has 3 N–H and O–H groups in total. The zero-order valence-electron chi connectivity index (χ0n) is 13.0. The smallest absolute Gasteiger partial charge is 0.237 e. The van der Waals surface area contributed by atoms with Crippen LogP contribution in [0.15, 0.2) is 0 Å². The zero-order chi connectivity index (χ0) is 14.8. The van der Waals surface area contributed by atoms with Crippen LogP contribution in [0, 0.1) is 0 Å². The molecule has 0 spiro atoms. The Morgan fingerprint density at radius 2 is 2.25 bits per heavy atom. The first kappa shape index (κ1) is 15.7. The summed E-state index contributed by atoms with van der Waals surface area (Å²) in [6.45, 7) is 9.04. The fourth-order valence-electron chi connectivity index (χ4n) is 3.06. The number of ether oxygens (including phenoxy) is 1. The molecule has 1 saturated heterocycles. The summed E-state index contributed by atoms with van der Waals surface area (Å²) in [5.41, 5.74) is 5.04. The van der Waals surface area contributed by atoms with E-state index in [0.717, 1.165) is 45.4 Å². The molecule has 3 atom stereocenters. The molecular weight excluding hydrogens is 254 g/mol. The molecule has 0 aromatic carbocycles. The van der Waals surface area contributed by atoms with Gasteiger partial charge in [0.05, 0.1) is 11.6 Å². The Labute approximate surface area is 122 Å². The molecule has 0 radical (unpaired) electrons. The lowest BCUT2D eigenvalue weighted by molar-refractivity contribution is -0.124. The van der Waals surface area contributed by atoms with E-state index in [9.17, 15) is 4.79 Å². The fraction of sp³-hybridized carbons (Fsp3) is 0.933. The minimum Gasteiger partial charge on any atom is -0.377 e. The van der Waals surface area contributed by atoms with Gasteiger partial charge < -0.3 is 15.8 Å². The van der Waals surface area contributed by atoms with Crippen LogP contribution in [-0.4, -0.2) is 54.2 Å². The van der Waals surface area contributed by atoms with E-state index in [1.165, 1.54) is 0 Å². The van der Waals surface area contributed by atoms with E-state index >= 15 is 0 Å². The topological polar surface area (TPSA) is 67.6 Å². The summed E-state index contributed by atoms with van der Waals surface area (Å²) in [6.07, 6.45) is 4.39. The SMILES string of the molecule is CC1CN(C(C)CC(C)(NC2CC2)C(N)=O)CCCO1. The van der Waals surface area contributed by atoms with Gasteiger partial charge in [-0.1, -0.05) is 0 Å². The Morgan fingerprint density at radius 3 is 2.85 bits per heavy atom. The van der Waals surface area contributed by atoms with Crippen molar-refractivity contribution in [3.05, 3.63) is 0 Å². The summed E-state index contributed by atoms with van der Waals surface area (Å²) in [5.74, 6) is -0.240. The molecule has 1 heterocycles. The molecule has 5 heteroatoms. The standard InChI is InChI=1S/C15H29N3O2/c1-11(18-7-4-8-20-12(2)10-18)9-15(3,14(16)19)17-13-5-6-13/h11-13,17H,4-10H2,1-3H3,(H2,16,19). The van der Waals surface area contributed by atoms with Crippen molar-refractivity contribution in [3.63, 3.8) is 0 Å². The molecular formula is C15H29N3O2. The Kier molecular flexibility index (Phi) is 5.04. The molecule has 2 rings (SSSR count). The second kappa shape index (κ2) is 6.41. The van der Waals surface area contributed by atoms with Gasteiger partial charge in [-0.3, -0.25) is 9.69 Å². The highest BCUT2D eigenvalue weighted by molar-refractivity contribution is 5.84. The molecule has 1 amide bonds. The van der Waals surface area contributed by atoms with Gasteiger partial charge in [-0.15, -0.1) is 0 Å². The first-order valence-corrected chi connectivity index (χ1v) is 7.84. The number of hydrogen-bond acceptors (Lipinski definition) is 4. The van der Waals surface area contributed by atoms with Gasteiger partial charge >= 0.3 is 0 Å². The Balaban J connectivity index is 1.95. The van der Waals surface area contributed by atoms with Gasteiger partial charge in [-0.2, -0.15) is 0 Å². The lowest BCUT2D eigenvalue weighted by Crippen LogP contribution is -2.57. The summed E-state index contributed by atoms with van der Waals surface area (Å²) in [6, 6.07) is 0.800. The molecule has 20 heavy (non-hydrogen) atoms. The summed E-state index contributed by atoms with van der Waals surface area (Å²) in [7, 11) is 0. The second-order valence-electron chi connectivity index (χ2n) is 6.70. The molecule has 1 aliphatic carbocycles. The summed E-state index contributed by atoms with van der Waals surface area (Å²) >= 11 is 0. The average molecular weight is 283 g/mol. The van der Waals surface area contributed by atoms with Gasteiger partial charge in [-0.25, -0.2) is 0 Å². The van der Waals surface area contributed by atoms with Gasteiger partial charge in [0.1, 0.15) is 0 Å². The van der Waals surface area contributed by atoms with E-state index in [0.29, 0.717) is 12.1 Å². The normalized spacial score (nSPS) is 29.4. The summed E-state index contributed by atoms with van der Waals surface area (Å²) in [5, 5.41) is 3.43. The van der Waals surface area contributed by atoms with Crippen LogP contribution in [0.25, 0.3) is 0 Å². The maximum Gasteiger partial charge on any atom is 0.237 e. The van der Waals surface area contributed by atoms with Crippen LogP contribution in [-0.2, 0) is 9.53 Å². The number of nitrogens with two attached hydrogens (primary N) is 1. The predicted molar refractivity (Wildman–Crippen MR) is 79.4 cm³/mol. The molecule has 2 fully saturated rings. The number of nitrogens with one attached hydrogen (secondary N) is 1. The quantitative estimate of drug-likeness (QED) is 0.759. The van der Waals surface area contributed by atoms with Crippen molar-refractivity contribution in [2.45, 2.75) is 70.2 Å². The number of carbonyl (C=O) groups excluding carboxylic acids is 1. The van der Waals surface area contributed by atoms with E-state index in [1.807, 2.05) is 6.92 Å². The van der Waals surface area contributed by atoms with E-state index in [2.05, 4.69) is 24.1 Å². The van der Waals surface area contributed by atoms with Crippen LogP contribution >= 0.6 is 0 Å². The lowest BCUT2D eigenvalue weighted by Gasteiger charge is -2.36. The van der Waals surface area contributed by atoms with Gasteiger partial charge in [0.15, 0.2) is 0 Å². The van der Waals surface area contributed by atoms with Crippen molar-refractivity contribution in [2.75, 3.05) is 19.7 Å². The first-order chi connectivity index (χ1) is 9.40. The van der Waals surface area contributed by atoms with Crippen molar-refractivity contribution >= 4 is 5.91 Å². The molecule has 0 aromatic heterocycles. The lowest BCUT2D eigenvalue weighted by atomic mass is 9.91. The van der Waals surface area contributed by atoms with E-state index < -0.39 is 5.54 Å². The fourth-order valence-corrected chi connectivity index (χ4v) is 3.06. The highest BCUT2D eigenvalue weighted by atomic mass is 16.5. The third-order valence-corrected chi connectivity index (χ3v) is 4.45. The summed E-state index contributed by atoms with van der Waals surface area (Å²) in [4.78, 5) is 14.3. The van der Waals surface area contributed by atoms with Crippen LogP contribution in [0.2, 0.25) is 0 Å². The molecule has 2 aliphatic rings. The number of carbonyl (C=O) groups is 1. The molecule has 3 unspecified atom stereocenters. The van der Waals surface area contributed by atoms with Crippen molar-refractivity contribution < 1.29 is 9.53 Å². The molecule has 1 saturated carbocycles. The Hall–Kier alpha value is -0.650. The van der Waals surface area contributed by atoms with Crippen LogP contribution < -0.4 is 11.1 Å². The largest absolute Gasteiger partial charge is 0.377 e. The van der Waals surface area contributed by atoms with Crippen molar-refractivity contribution in [1.82, 2.24) is 10.2 Å². The number of nitrogens with zero attached hydrogens (tertiary/aromatic N) is 1. The van der Waals surface area contributed by atoms with Gasteiger partial charge in [0.25, 0.3) is 0 Å². The van der Waals surface area contributed by atoms with Crippen LogP contribution in [0.1, 0.15) is 46.5 Å². The molecule has 116 valence electrons. The minimum absolute atomic E-state index is 0.240. The van der Waals surface area contributed by atoms with E-state index in [4.69, 9.17) is 10.5 Å². The van der Waals surface area contributed by atoms with Gasteiger partial charge in [0, 0.05) is 31.8 Å². The zero-order valence-corrected chi connectivity index (χ0v) is 13.0. The highest BCUT2D eigenvalue weighted by Gasteiger charge is 2.39. The van der Waals surface area contributed by atoms with Crippen LogP contribution in [0.3, 0.4) is 0 Å². The van der Waals surface area contributed by atoms with Crippen molar-refractivity contribution in [1.29, 1.82) is 0 Å². The van der Waals surface area contributed by atoms with Crippen LogP contribution in [0.5, 0.6) is 0 Å². The van der Waals surface area contributed by atoms with E-state index in [-0.39, 0.29) is 12.0 Å². The maximum absolute atomic E-state index is 11.9. The number of primary amides is 1. The van der Waals surface area contributed by atoms with Crippen LogP contribution in [0.4, 0.5) is 0 Å². The molecule has 1 aliphatic heterocycles. The molecule has 0 aromatic rings. The minimum atomic E-state index is -0.600. The van der Waals surface area contributed by atoms with Crippen molar-refractivity contribution in [3.8, 4) is 0 Å². The van der Waals surface area contributed by atoms with Gasteiger partial charge in [-0.05, 0) is 46.5 Å². The maximum atomic E-state index is 11.9. The monoisotopic (exact) mass is 283 g/mol. The second-order valence-corrected chi connectivity index (χ2v) is 6.70. The van der Waals surface area contributed by atoms with Crippen molar-refractivity contribution in [2.24, 2.45) is 5.73 Å². The Morgan fingerprint density at radius 1 is 1.55 bits per heavy atom. The highest BCUT2D eigenvalue weighted by Crippen LogP contribution is 2.26.